The van der Waals surface area contributed by atoms with E-state index in [0.29, 0.717) is 12.1 Å². The Labute approximate surface area is 63.2 Å². The van der Waals surface area contributed by atoms with E-state index in [1.807, 2.05) is 0 Å². The van der Waals surface area contributed by atoms with Crippen molar-refractivity contribution in [2.75, 3.05) is 0 Å². The number of nitrogens with two attached hydrogens (primary N) is 1. The average Bonchev–Trinajstić information content (AvgIpc) is 1.87. The van der Waals surface area contributed by atoms with Gasteiger partial charge in [0, 0.05) is 17.6 Å². The fraction of sp³-hybridized carbons (Fsp3) is 1.00. The van der Waals surface area contributed by atoms with Gasteiger partial charge < -0.3 is 11.1 Å². The molecular weight excluding hydrogens is 124 g/mol. The predicted octanol–water partition coefficient (Wildman–Crippen LogP) is 0.864. The summed E-state index contributed by atoms with van der Waals surface area (Å²) in [6.07, 6.45) is 2.44. The Hall–Kier alpha value is -0.0800. The van der Waals surface area contributed by atoms with Gasteiger partial charge >= 0.3 is 0 Å². The summed E-state index contributed by atoms with van der Waals surface area (Å²) in [5.74, 6) is 0. The zero-order chi connectivity index (χ0) is 7.78. The lowest BCUT2D eigenvalue weighted by Gasteiger charge is -2.51. The number of hydrogen-bond donors (Lipinski definition) is 2. The van der Waals surface area contributed by atoms with Gasteiger partial charge in [-0.1, -0.05) is 13.3 Å². The molecule has 0 aliphatic carbocycles. The third-order valence-corrected chi connectivity index (χ3v) is 2.42. The van der Waals surface area contributed by atoms with Gasteiger partial charge in [0.15, 0.2) is 0 Å². The van der Waals surface area contributed by atoms with E-state index >= 15 is 0 Å². The second kappa shape index (κ2) is 2.51. The first-order valence-corrected chi connectivity index (χ1v) is 4.11. The average molecular weight is 142 g/mol. The summed E-state index contributed by atoms with van der Waals surface area (Å²) in [5.41, 5.74) is 6.10. The second-order valence-corrected chi connectivity index (χ2v) is 3.79. The molecule has 3 N–H and O–H groups in total. The molecule has 1 heterocycles. The number of nitrogens with one attached hydrogen (secondary N) is 1. The van der Waals surface area contributed by atoms with Crippen LogP contribution in [-0.2, 0) is 0 Å². The van der Waals surface area contributed by atoms with Gasteiger partial charge in [0.25, 0.3) is 0 Å². The molecule has 10 heavy (non-hydrogen) atoms. The summed E-state index contributed by atoms with van der Waals surface area (Å²) in [6, 6.07) is 0.924. The van der Waals surface area contributed by atoms with E-state index in [1.165, 1.54) is 12.8 Å². The highest BCUT2D eigenvalue weighted by molar-refractivity contribution is 5.07. The smallest absolute Gasteiger partial charge is 0.0374 e. The Morgan fingerprint density at radius 3 is 2.40 bits per heavy atom. The predicted molar refractivity (Wildman–Crippen MR) is 43.9 cm³/mol. The van der Waals surface area contributed by atoms with E-state index in [-0.39, 0.29) is 5.54 Å². The van der Waals surface area contributed by atoms with Crippen molar-refractivity contribution in [3.8, 4) is 0 Å². The van der Waals surface area contributed by atoms with Gasteiger partial charge in [0.2, 0.25) is 0 Å². The van der Waals surface area contributed by atoms with Crippen molar-refractivity contribution in [3.05, 3.63) is 0 Å². The van der Waals surface area contributed by atoms with Crippen LogP contribution in [0.1, 0.15) is 33.6 Å². The molecule has 0 radical (unpaired) electrons. The lowest BCUT2D eigenvalue weighted by molar-refractivity contribution is 0.124. The van der Waals surface area contributed by atoms with Gasteiger partial charge in [0.05, 0.1) is 0 Å². The van der Waals surface area contributed by atoms with Crippen LogP contribution >= 0.6 is 0 Å². The van der Waals surface area contributed by atoms with Gasteiger partial charge in [-0.05, 0) is 20.3 Å². The zero-order valence-corrected chi connectivity index (χ0v) is 7.15. The molecule has 1 rings (SSSR count). The molecule has 0 saturated carbocycles. The van der Waals surface area contributed by atoms with Crippen LogP contribution in [-0.4, -0.2) is 17.6 Å². The molecule has 1 aliphatic heterocycles. The Bertz CT molecular complexity index is 120. The Kier molecular flexibility index (Phi) is 2.02. The highest BCUT2D eigenvalue weighted by Gasteiger charge is 2.43. The van der Waals surface area contributed by atoms with Gasteiger partial charge in [-0.25, -0.2) is 0 Å². The molecule has 2 unspecified atom stereocenters. The van der Waals surface area contributed by atoms with Crippen LogP contribution in [0, 0.1) is 0 Å². The monoisotopic (exact) mass is 142 g/mol. The van der Waals surface area contributed by atoms with Crippen LogP contribution < -0.4 is 11.1 Å². The van der Waals surface area contributed by atoms with E-state index in [2.05, 4.69) is 26.1 Å². The third kappa shape index (κ3) is 1.18. The summed E-state index contributed by atoms with van der Waals surface area (Å²) in [5, 5.41) is 3.44. The van der Waals surface area contributed by atoms with Crippen LogP contribution in [0.3, 0.4) is 0 Å². The third-order valence-electron chi connectivity index (χ3n) is 2.42. The first kappa shape index (κ1) is 8.02. The van der Waals surface area contributed by atoms with E-state index in [1.54, 1.807) is 0 Å². The van der Waals surface area contributed by atoms with Gasteiger partial charge in [-0.3, -0.25) is 0 Å². The maximum absolute atomic E-state index is 5.92. The molecule has 60 valence electrons. The molecule has 0 amide bonds. The van der Waals surface area contributed by atoms with Gasteiger partial charge in [0.1, 0.15) is 0 Å². The largest absolute Gasteiger partial charge is 0.325 e. The van der Waals surface area contributed by atoms with Crippen LogP contribution in [0.15, 0.2) is 0 Å². The fourth-order valence-corrected chi connectivity index (χ4v) is 1.63. The summed E-state index contributed by atoms with van der Waals surface area (Å²) in [4.78, 5) is 0. The molecular formula is C8H18N2. The molecule has 1 saturated heterocycles. The minimum absolute atomic E-state index is 0.180. The fourth-order valence-electron chi connectivity index (χ4n) is 1.63. The first-order valence-electron chi connectivity index (χ1n) is 4.11. The molecule has 2 nitrogen and oxygen atoms in total. The Morgan fingerprint density at radius 2 is 2.10 bits per heavy atom. The molecule has 2 atom stereocenters. The molecule has 1 aliphatic rings. The van der Waals surface area contributed by atoms with Crippen molar-refractivity contribution in [1.82, 2.24) is 5.32 Å². The summed E-state index contributed by atoms with van der Waals surface area (Å²) in [7, 11) is 0. The standard InChI is InChI=1S/C8H18N2/c1-4-5-6-7(9)8(2,3)10-6/h6-7,10H,4-5,9H2,1-3H3. The van der Waals surface area contributed by atoms with E-state index in [4.69, 9.17) is 5.73 Å². The minimum Gasteiger partial charge on any atom is -0.325 e. The molecule has 0 spiro atoms. The van der Waals surface area contributed by atoms with E-state index < -0.39 is 0 Å². The Balaban J connectivity index is 2.32. The summed E-state index contributed by atoms with van der Waals surface area (Å²) in [6.45, 7) is 6.51. The molecule has 2 heteroatoms. The quantitative estimate of drug-likeness (QED) is 0.600. The number of rotatable bonds is 2. The van der Waals surface area contributed by atoms with E-state index in [0.717, 1.165) is 0 Å². The minimum atomic E-state index is 0.180. The normalized spacial score (nSPS) is 37.2. The van der Waals surface area contributed by atoms with Crippen LogP contribution in [0.25, 0.3) is 0 Å². The van der Waals surface area contributed by atoms with Crippen LogP contribution in [0.2, 0.25) is 0 Å². The molecule has 0 bridgehead atoms. The molecule has 1 fully saturated rings. The lowest BCUT2D eigenvalue weighted by Crippen LogP contribution is -2.75. The van der Waals surface area contributed by atoms with Crippen molar-refractivity contribution in [2.45, 2.75) is 51.2 Å². The van der Waals surface area contributed by atoms with Crippen molar-refractivity contribution in [2.24, 2.45) is 5.73 Å². The van der Waals surface area contributed by atoms with E-state index in [9.17, 15) is 0 Å². The zero-order valence-electron chi connectivity index (χ0n) is 7.15. The second-order valence-electron chi connectivity index (χ2n) is 3.79. The lowest BCUT2D eigenvalue weighted by atomic mass is 9.78. The van der Waals surface area contributed by atoms with Crippen LogP contribution in [0.5, 0.6) is 0 Å². The van der Waals surface area contributed by atoms with Crippen molar-refractivity contribution in [3.63, 3.8) is 0 Å². The van der Waals surface area contributed by atoms with Gasteiger partial charge in [-0.15, -0.1) is 0 Å². The van der Waals surface area contributed by atoms with Crippen molar-refractivity contribution < 1.29 is 0 Å². The Morgan fingerprint density at radius 1 is 1.50 bits per heavy atom. The van der Waals surface area contributed by atoms with Crippen molar-refractivity contribution in [1.29, 1.82) is 0 Å². The first-order chi connectivity index (χ1) is 4.58. The topological polar surface area (TPSA) is 38.0 Å². The molecule has 0 aromatic rings. The highest BCUT2D eigenvalue weighted by Crippen LogP contribution is 2.24. The SMILES string of the molecule is CCCC1NC(C)(C)C1N. The van der Waals surface area contributed by atoms with Crippen molar-refractivity contribution >= 4 is 0 Å². The summed E-state index contributed by atoms with van der Waals surface area (Å²) < 4.78 is 0. The summed E-state index contributed by atoms with van der Waals surface area (Å²) >= 11 is 0. The highest BCUT2D eigenvalue weighted by atomic mass is 15.2. The number of hydrogen-bond acceptors (Lipinski definition) is 2. The maximum atomic E-state index is 5.92. The van der Waals surface area contributed by atoms with Gasteiger partial charge in [-0.2, -0.15) is 0 Å². The molecule has 0 aromatic carbocycles. The maximum Gasteiger partial charge on any atom is 0.0374 e. The molecule has 0 aromatic heterocycles. The van der Waals surface area contributed by atoms with Crippen LogP contribution in [0.4, 0.5) is 0 Å².